The van der Waals surface area contributed by atoms with E-state index in [9.17, 15) is 9.59 Å². The Morgan fingerprint density at radius 2 is 2.00 bits per heavy atom. The predicted molar refractivity (Wildman–Crippen MR) is 78.5 cm³/mol. The van der Waals surface area contributed by atoms with E-state index < -0.39 is 5.63 Å². The molecule has 108 valence electrons. The monoisotopic (exact) mass is 285 g/mol. The molecule has 0 aliphatic carbocycles. The maximum absolute atomic E-state index is 11.8. The van der Waals surface area contributed by atoms with Gasteiger partial charge in [0, 0.05) is 18.5 Å². The zero-order valence-electron chi connectivity index (χ0n) is 12.1. The van der Waals surface area contributed by atoms with Gasteiger partial charge in [-0.2, -0.15) is 4.98 Å². The van der Waals surface area contributed by atoms with Gasteiger partial charge >= 0.3 is 11.3 Å². The molecule has 0 amide bonds. The Morgan fingerprint density at radius 1 is 1.24 bits per heavy atom. The van der Waals surface area contributed by atoms with Crippen LogP contribution in [-0.2, 0) is 13.6 Å². The van der Waals surface area contributed by atoms with Crippen LogP contribution in [0.15, 0.2) is 38.5 Å². The van der Waals surface area contributed by atoms with Crippen LogP contribution in [-0.4, -0.2) is 14.3 Å². The Labute approximate surface area is 120 Å². The van der Waals surface area contributed by atoms with Crippen LogP contribution in [0.3, 0.4) is 0 Å². The van der Waals surface area contributed by atoms with Gasteiger partial charge in [0.05, 0.1) is 6.54 Å². The van der Waals surface area contributed by atoms with Crippen molar-refractivity contribution in [3.8, 4) is 0 Å². The fourth-order valence-electron chi connectivity index (χ4n) is 2.39. The van der Waals surface area contributed by atoms with E-state index in [2.05, 4.69) is 4.98 Å². The topological polar surface area (TPSA) is 70.0 Å². The van der Waals surface area contributed by atoms with E-state index in [-0.39, 0.29) is 12.2 Å². The van der Waals surface area contributed by atoms with Crippen LogP contribution in [0.4, 0.5) is 0 Å². The lowest BCUT2D eigenvalue weighted by Crippen LogP contribution is -2.23. The number of aryl methyl sites for hydroxylation is 3. The van der Waals surface area contributed by atoms with Gasteiger partial charge in [0.1, 0.15) is 11.9 Å². The molecule has 1 aromatic carbocycles. The molecule has 2 aromatic heterocycles. The second-order valence-corrected chi connectivity index (χ2v) is 5.13. The third kappa shape index (κ3) is 2.18. The SMILES string of the molecule is Cc1ccc2c(Cn3c(=O)ncn3C)cc(=O)oc2c1C. The highest BCUT2D eigenvalue weighted by atomic mass is 16.4. The van der Waals surface area contributed by atoms with Gasteiger partial charge in [-0.1, -0.05) is 12.1 Å². The molecule has 0 saturated carbocycles. The second-order valence-electron chi connectivity index (χ2n) is 5.13. The Hall–Kier alpha value is -2.63. The third-order valence-corrected chi connectivity index (χ3v) is 3.77. The Kier molecular flexibility index (Phi) is 3.01. The minimum atomic E-state index is -0.415. The molecule has 21 heavy (non-hydrogen) atoms. The fraction of sp³-hybridized carbons (Fsp3) is 0.267. The first-order valence-electron chi connectivity index (χ1n) is 6.59. The molecule has 3 aromatic rings. The van der Waals surface area contributed by atoms with Crippen LogP contribution in [0.5, 0.6) is 0 Å². The number of benzene rings is 1. The molecule has 0 spiro atoms. The molecule has 0 aliphatic heterocycles. The molecular weight excluding hydrogens is 270 g/mol. The van der Waals surface area contributed by atoms with E-state index in [1.165, 1.54) is 17.1 Å². The van der Waals surface area contributed by atoms with E-state index in [0.29, 0.717) is 5.58 Å². The molecule has 0 saturated heterocycles. The lowest BCUT2D eigenvalue weighted by atomic mass is 10.0. The van der Waals surface area contributed by atoms with Crippen molar-refractivity contribution in [2.24, 2.45) is 7.05 Å². The largest absolute Gasteiger partial charge is 0.422 e. The van der Waals surface area contributed by atoms with Gasteiger partial charge in [-0.05, 0) is 30.5 Å². The summed E-state index contributed by atoms with van der Waals surface area (Å²) in [5.41, 5.74) is 2.55. The van der Waals surface area contributed by atoms with Crippen LogP contribution >= 0.6 is 0 Å². The van der Waals surface area contributed by atoms with Crippen LogP contribution in [0.25, 0.3) is 11.0 Å². The van der Waals surface area contributed by atoms with Crippen molar-refractivity contribution in [3.05, 3.63) is 62.1 Å². The van der Waals surface area contributed by atoms with Gasteiger partial charge in [-0.15, -0.1) is 0 Å². The first kappa shape index (κ1) is 13.4. The maximum Gasteiger partial charge on any atom is 0.364 e. The van der Waals surface area contributed by atoms with Crippen molar-refractivity contribution < 1.29 is 4.42 Å². The van der Waals surface area contributed by atoms with E-state index in [1.54, 1.807) is 11.7 Å². The van der Waals surface area contributed by atoms with Gasteiger partial charge in [-0.3, -0.25) is 4.68 Å². The van der Waals surface area contributed by atoms with Crippen molar-refractivity contribution in [2.45, 2.75) is 20.4 Å². The first-order chi connectivity index (χ1) is 9.97. The molecule has 0 N–H and O–H groups in total. The van der Waals surface area contributed by atoms with E-state index in [0.717, 1.165) is 22.1 Å². The smallest absolute Gasteiger partial charge is 0.364 e. The summed E-state index contributed by atoms with van der Waals surface area (Å²) in [6.45, 7) is 4.16. The number of aromatic nitrogens is 3. The normalized spacial score (nSPS) is 11.2. The number of fused-ring (bicyclic) bond motifs is 1. The van der Waals surface area contributed by atoms with Gasteiger partial charge in [0.2, 0.25) is 0 Å². The Morgan fingerprint density at radius 3 is 2.67 bits per heavy atom. The highest BCUT2D eigenvalue weighted by Gasteiger charge is 2.11. The van der Waals surface area contributed by atoms with Gasteiger partial charge in [-0.25, -0.2) is 14.3 Å². The van der Waals surface area contributed by atoms with Gasteiger partial charge in [0.15, 0.2) is 0 Å². The highest BCUT2D eigenvalue weighted by molar-refractivity contribution is 5.83. The van der Waals surface area contributed by atoms with Crippen LogP contribution in [0, 0.1) is 13.8 Å². The predicted octanol–water partition coefficient (Wildman–Crippen LogP) is 1.35. The fourth-order valence-corrected chi connectivity index (χ4v) is 2.39. The van der Waals surface area contributed by atoms with Crippen LogP contribution in [0.1, 0.15) is 16.7 Å². The zero-order chi connectivity index (χ0) is 15.1. The number of hydrogen-bond acceptors (Lipinski definition) is 4. The van der Waals surface area contributed by atoms with Crippen molar-refractivity contribution in [1.82, 2.24) is 14.3 Å². The minimum absolute atomic E-state index is 0.278. The average molecular weight is 285 g/mol. The number of rotatable bonds is 2. The summed E-state index contributed by atoms with van der Waals surface area (Å²) in [4.78, 5) is 27.2. The molecule has 0 radical (unpaired) electrons. The van der Waals surface area contributed by atoms with Crippen LogP contribution < -0.4 is 11.3 Å². The van der Waals surface area contributed by atoms with Gasteiger partial charge in [0.25, 0.3) is 0 Å². The standard InChI is InChI=1S/C15H15N3O3/c1-9-4-5-12-11(6-13(19)21-14(12)10(9)2)7-18-15(20)16-8-17(18)3/h4-6,8H,7H2,1-3H3. The highest BCUT2D eigenvalue weighted by Crippen LogP contribution is 2.23. The number of nitrogens with zero attached hydrogens (tertiary/aromatic N) is 3. The summed E-state index contributed by atoms with van der Waals surface area (Å²) in [6.07, 6.45) is 1.45. The summed E-state index contributed by atoms with van der Waals surface area (Å²) < 4.78 is 8.39. The quantitative estimate of drug-likeness (QED) is 0.666. The zero-order valence-corrected chi connectivity index (χ0v) is 12.1. The first-order valence-corrected chi connectivity index (χ1v) is 6.59. The summed E-state index contributed by atoms with van der Waals surface area (Å²) in [5, 5.41) is 0.839. The molecule has 6 heteroatoms. The molecule has 0 fully saturated rings. The van der Waals surface area contributed by atoms with Crippen molar-refractivity contribution >= 4 is 11.0 Å². The summed E-state index contributed by atoms with van der Waals surface area (Å²) in [7, 11) is 1.73. The van der Waals surface area contributed by atoms with Crippen molar-refractivity contribution in [1.29, 1.82) is 0 Å². The minimum Gasteiger partial charge on any atom is -0.422 e. The Bertz CT molecular complexity index is 947. The lowest BCUT2D eigenvalue weighted by Gasteiger charge is -2.10. The summed E-state index contributed by atoms with van der Waals surface area (Å²) in [5.74, 6) is 0. The lowest BCUT2D eigenvalue weighted by molar-refractivity contribution is 0.526. The molecule has 0 unspecified atom stereocenters. The Balaban J connectivity index is 2.26. The van der Waals surface area contributed by atoms with Crippen molar-refractivity contribution in [2.75, 3.05) is 0 Å². The molecular formula is C15H15N3O3. The molecule has 0 aliphatic rings. The van der Waals surface area contributed by atoms with E-state index >= 15 is 0 Å². The van der Waals surface area contributed by atoms with E-state index in [4.69, 9.17) is 4.42 Å². The second kappa shape index (κ2) is 4.73. The molecule has 6 nitrogen and oxygen atoms in total. The maximum atomic E-state index is 11.8. The number of hydrogen-bond donors (Lipinski definition) is 0. The summed E-state index contributed by atoms with van der Waals surface area (Å²) >= 11 is 0. The molecule has 2 heterocycles. The molecule has 0 atom stereocenters. The molecule has 0 bridgehead atoms. The summed E-state index contributed by atoms with van der Waals surface area (Å²) in [6, 6.07) is 5.32. The molecule has 3 rings (SSSR count). The van der Waals surface area contributed by atoms with Crippen molar-refractivity contribution in [3.63, 3.8) is 0 Å². The van der Waals surface area contributed by atoms with E-state index in [1.807, 2.05) is 26.0 Å². The average Bonchev–Trinajstić information content (AvgIpc) is 2.75. The third-order valence-electron chi connectivity index (χ3n) is 3.77. The van der Waals surface area contributed by atoms with Gasteiger partial charge < -0.3 is 4.42 Å². The van der Waals surface area contributed by atoms with Crippen LogP contribution in [0.2, 0.25) is 0 Å².